The number of aromatic nitrogens is 13. The van der Waals surface area contributed by atoms with E-state index in [2.05, 4.69) is 428 Å². The van der Waals surface area contributed by atoms with Crippen molar-refractivity contribution in [2.75, 3.05) is 0 Å². The van der Waals surface area contributed by atoms with Crippen LogP contribution in [0, 0.1) is 58.7 Å². The van der Waals surface area contributed by atoms with Crippen LogP contribution >= 0.6 is 68.0 Å². The van der Waals surface area contributed by atoms with Crippen LogP contribution < -0.4 is 0 Å². The van der Waals surface area contributed by atoms with Crippen LogP contribution in [-0.4, -0.2) is 61.5 Å². The van der Waals surface area contributed by atoms with Gasteiger partial charge in [0.1, 0.15) is 29.1 Å². The zero-order valence-electron chi connectivity index (χ0n) is 81.6. The van der Waals surface area contributed by atoms with Crippen LogP contribution in [0.25, 0.3) is 209 Å². The van der Waals surface area contributed by atoms with Crippen LogP contribution in [0.2, 0.25) is 0 Å². The number of aryl methyl sites for hydroxylation is 8. The smallest absolute Gasteiger partial charge is 0.155 e. The Labute approximate surface area is 874 Å². The maximum atomic E-state index is 13.3. The highest BCUT2D eigenvalue weighted by molar-refractivity contribution is 7.17. The Kier molecular flexibility index (Phi) is 25.9. The first kappa shape index (κ1) is 93.6. The Bertz CT molecular complexity index is 9490. The Morgan fingerprint density at radius 1 is 0.231 bits per heavy atom. The number of para-hydroxylation sites is 7. The number of nitriles is 1. The monoisotopic (exact) mass is 2010 g/mol. The molecule has 27 aromatic rings. The molecular weight excluding hydrogens is 1920 g/mol. The number of halogens is 1. The summed E-state index contributed by atoms with van der Waals surface area (Å²) in [6, 6.07) is 140. The molecule has 147 heavy (non-hydrogen) atoms. The average Bonchev–Trinajstić information content (AvgIpc) is 1.60. The molecule has 0 amide bonds. The maximum absolute atomic E-state index is 13.3. The summed E-state index contributed by atoms with van der Waals surface area (Å²) in [5.74, 6) is 4.42. The molecule has 0 fully saturated rings. The van der Waals surface area contributed by atoms with Crippen molar-refractivity contribution in [2.45, 2.75) is 41.5 Å². The van der Waals surface area contributed by atoms with Crippen molar-refractivity contribution in [2.24, 2.45) is 14.1 Å². The van der Waals surface area contributed by atoms with E-state index in [1.165, 1.54) is 132 Å². The zero-order valence-corrected chi connectivity index (χ0v) is 86.5. The van der Waals surface area contributed by atoms with E-state index in [4.69, 9.17) is 30.2 Å². The number of hydrogen-bond acceptors (Lipinski definition) is 12. The van der Waals surface area contributed by atoms with Crippen molar-refractivity contribution in [3.05, 3.63) is 472 Å². The molecule has 0 bridgehead atoms. The predicted molar refractivity (Wildman–Crippen MR) is 615 cm³/mol. The van der Waals surface area contributed by atoms with E-state index >= 15 is 0 Å². The lowest BCUT2D eigenvalue weighted by Gasteiger charge is -2.10. The fourth-order valence-corrected chi connectivity index (χ4v) is 24.1. The second-order valence-corrected chi connectivity index (χ2v) is 43.8. The average molecular weight is 2020 g/mol. The van der Waals surface area contributed by atoms with Crippen molar-refractivity contribution in [1.82, 2.24) is 61.5 Å². The molecule has 14 nitrogen and oxygen atoms in total. The summed E-state index contributed by atoms with van der Waals surface area (Å²) < 4.78 is 30.9. The van der Waals surface area contributed by atoms with Gasteiger partial charge in [0.15, 0.2) is 5.82 Å². The van der Waals surface area contributed by atoms with Gasteiger partial charge in [-0.1, -0.05) is 194 Å². The first-order chi connectivity index (χ1) is 72.0. The van der Waals surface area contributed by atoms with Gasteiger partial charge in [-0.25, -0.2) is 29.3 Å². The first-order valence-corrected chi connectivity index (χ1v) is 53.3. The number of imidazole rings is 5. The van der Waals surface area contributed by atoms with Crippen molar-refractivity contribution in [1.29, 1.82) is 5.26 Å². The lowest BCUT2D eigenvalue weighted by Crippen LogP contribution is -1.97. The van der Waals surface area contributed by atoms with Crippen molar-refractivity contribution >= 4 is 133 Å². The Morgan fingerprint density at radius 3 is 0.891 bits per heavy atom. The SMILES string of the molecule is Cc1ccc(-c2cn(-c3ccc(C#N)cc3)c(-c3ccc(C)s3)n2)s1.Cc1ccc(-c2cn(-c3ccc(F)cc3)c(-c3ccccc3)n2)s1.Cc1ccc(-c2cn(-c3ccccc3)c(-c3ccc4c5ccccc5n(-c5ccccc5)c4c3)n2)s1.Cc1ccc(-c2cn(-c3ccccc3)c(-c3ccc4c5ccccc5n(C)c4c3)n2)s1.Cc1ccc(-c2cn(C)c(-c3ccc4c5ccccc5n(-c5ccccc5)c4c3)n2)s1. The van der Waals surface area contributed by atoms with E-state index in [0.717, 1.165) is 118 Å². The van der Waals surface area contributed by atoms with E-state index in [1.807, 2.05) is 77.5 Å². The van der Waals surface area contributed by atoms with Crippen LogP contribution in [-0.2, 0) is 14.1 Å². The number of benzene rings is 13. The minimum Gasteiger partial charge on any atom is -0.344 e. The molecule has 27 rings (SSSR count). The molecule has 14 aromatic heterocycles. The fourth-order valence-electron chi connectivity index (χ4n) is 19.1. The third kappa shape index (κ3) is 19.0. The van der Waals surface area contributed by atoms with Crippen LogP contribution in [0.4, 0.5) is 4.39 Å². The summed E-state index contributed by atoms with van der Waals surface area (Å²) in [5.41, 5.74) is 23.6. The van der Waals surface area contributed by atoms with E-state index < -0.39 is 0 Å². The molecule has 13 aromatic carbocycles. The molecule has 21 heteroatoms. The quantitative estimate of drug-likeness (QED) is 0.0948. The number of rotatable bonds is 16. The Morgan fingerprint density at radius 2 is 0.510 bits per heavy atom. The molecule has 0 aliphatic rings. The van der Waals surface area contributed by atoms with Crippen LogP contribution in [0.1, 0.15) is 34.8 Å². The van der Waals surface area contributed by atoms with E-state index in [-0.39, 0.29) is 5.82 Å². The molecule has 0 unspecified atom stereocenters. The topological polar surface area (TPSA) is 128 Å². The van der Waals surface area contributed by atoms with Gasteiger partial charge in [0, 0.05) is 174 Å². The third-order valence-corrected chi connectivity index (χ3v) is 32.3. The minimum atomic E-state index is -0.241. The minimum absolute atomic E-state index is 0.241. The van der Waals surface area contributed by atoms with E-state index in [9.17, 15) is 4.39 Å². The number of hydrogen-bond donors (Lipinski definition) is 0. The largest absolute Gasteiger partial charge is 0.344 e. The summed E-state index contributed by atoms with van der Waals surface area (Å²) in [4.78, 5) is 39.7. The second kappa shape index (κ2) is 40.6. The van der Waals surface area contributed by atoms with Gasteiger partial charge in [-0.3, -0.25) is 18.3 Å². The molecule has 0 saturated carbocycles. The standard InChI is InChI=1S/C32H23N3S.2C27H21N3S.C20H15FN2S.C20H15N3S2/c1-22-16-19-31(36-22)28-21-34(24-10-4-2-5-11-24)32(33-28)23-17-18-27-26-14-8-9-15-29(26)35(30(27)20-23)25-12-6-3-7-13-25;1-18-12-15-26(31-18)23-17-30(20-8-4-3-5-9-20)27(28-23)19-13-14-22-21-10-6-7-11-24(21)29(2)25(22)16-19;1-18-12-15-26(31-18)23-17-29(2)27(28-23)19-13-14-22-21-10-6-7-11-24(21)30(25(22)16-19)20-8-4-3-5-9-20;1-14-7-12-19(24-14)18-13-23(17-10-8-16(21)9-11-17)20(22-18)15-5-3-2-4-6-15;1-13-3-9-18(24-13)17-12-23(16-7-5-15(11-21)6-8-16)20(22-17)19-10-4-14(2)25-19/h2-21H,1H3;2*3-17H,1-2H3;2-13H,1H3;3-10,12H,1-2H3. The van der Waals surface area contributed by atoms with E-state index in [0.29, 0.717) is 5.56 Å². The van der Waals surface area contributed by atoms with Crippen molar-refractivity contribution in [3.8, 4) is 149 Å². The summed E-state index contributed by atoms with van der Waals surface area (Å²) in [6.07, 6.45) is 10.5. The Hall–Kier alpha value is -17.1. The molecule has 0 N–H and O–H groups in total. The third-order valence-electron chi connectivity index (χ3n) is 26.2. The highest BCUT2D eigenvalue weighted by Crippen LogP contribution is 2.44. The molecule has 0 aliphatic heterocycles. The molecule has 14 heterocycles. The van der Waals surface area contributed by atoms with Crippen molar-refractivity contribution in [3.63, 3.8) is 0 Å². The lowest BCUT2D eigenvalue weighted by molar-refractivity contribution is 0.627. The van der Waals surface area contributed by atoms with Crippen LogP contribution in [0.15, 0.2) is 431 Å². The Balaban J connectivity index is 0.000000102. The molecular formula is C126H95FN14S6. The van der Waals surface area contributed by atoms with Gasteiger partial charge < -0.3 is 18.3 Å². The summed E-state index contributed by atoms with van der Waals surface area (Å²) in [7, 11) is 4.21. The van der Waals surface area contributed by atoms with Gasteiger partial charge in [0.2, 0.25) is 0 Å². The lowest BCUT2D eigenvalue weighted by atomic mass is 10.1. The number of thiophene rings is 6. The van der Waals surface area contributed by atoms with Gasteiger partial charge in [-0.2, -0.15) is 5.26 Å². The van der Waals surface area contributed by atoms with Gasteiger partial charge >= 0.3 is 0 Å². The molecule has 0 spiro atoms. The van der Waals surface area contributed by atoms with Gasteiger partial charge in [-0.05, 0) is 248 Å². The van der Waals surface area contributed by atoms with Crippen molar-refractivity contribution < 1.29 is 4.39 Å². The molecule has 0 radical (unpaired) electrons. The molecule has 0 saturated heterocycles. The van der Waals surface area contributed by atoms with Gasteiger partial charge in [0.05, 0.1) is 91.4 Å². The zero-order chi connectivity index (χ0) is 99.9. The van der Waals surface area contributed by atoms with Gasteiger partial charge in [-0.15, -0.1) is 68.0 Å². The van der Waals surface area contributed by atoms with Crippen LogP contribution in [0.5, 0.6) is 0 Å². The number of fused-ring (bicyclic) bond motifs is 9. The summed E-state index contributed by atoms with van der Waals surface area (Å²) in [6.45, 7) is 12.7. The maximum Gasteiger partial charge on any atom is 0.155 e. The normalized spacial score (nSPS) is 11.3. The number of nitrogens with zero attached hydrogens (tertiary/aromatic N) is 14. The van der Waals surface area contributed by atoms with E-state index in [1.54, 1.807) is 80.2 Å². The first-order valence-electron chi connectivity index (χ1n) is 48.4. The molecule has 0 atom stereocenters. The molecule has 0 aliphatic carbocycles. The highest BCUT2D eigenvalue weighted by Gasteiger charge is 2.25. The summed E-state index contributed by atoms with van der Waals surface area (Å²) >= 11 is 10.6. The fraction of sp³-hybridized carbons (Fsp3) is 0.0635. The molecule has 712 valence electrons. The highest BCUT2D eigenvalue weighted by atomic mass is 32.1. The van der Waals surface area contributed by atoms with Crippen LogP contribution in [0.3, 0.4) is 0 Å². The summed E-state index contributed by atoms with van der Waals surface area (Å²) in [5, 5.41) is 16.6. The predicted octanol–water partition coefficient (Wildman–Crippen LogP) is 34.6. The second-order valence-electron chi connectivity index (χ2n) is 36.1. The van der Waals surface area contributed by atoms with Gasteiger partial charge in [0.25, 0.3) is 0 Å².